The van der Waals surface area contributed by atoms with E-state index in [0.29, 0.717) is 34.6 Å². The van der Waals surface area contributed by atoms with E-state index in [1.807, 2.05) is 12.1 Å². The quantitative estimate of drug-likeness (QED) is 0.493. The minimum atomic E-state index is -0.282. The van der Waals surface area contributed by atoms with Gasteiger partial charge in [0.2, 0.25) is 5.75 Å². The SMILES string of the molecule is COc1ccc(C(=O)CC2=C(Cl)CN(O)C=C2Cl)c(OCCc2ccc(C#N)cc2)c1OC. The van der Waals surface area contributed by atoms with E-state index >= 15 is 0 Å². The van der Waals surface area contributed by atoms with Gasteiger partial charge in [0, 0.05) is 24.1 Å². The van der Waals surface area contributed by atoms with Crippen molar-refractivity contribution in [3.05, 3.63) is 74.9 Å². The van der Waals surface area contributed by atoms with Gasteiger partial charge in [-0.15, -0.1) is 0 Å². The number of nitriles is 1. The van der Waals surface area contributed by atoms with Crippen LogP contribution in [0, 0.1) is 11.3 Å². The van der Waals surface area contributed by atoms with Crippen LogP contribution in [0.5, 0.6) is 17.2 Å². The summed E-state index contributed by atoms with van der Waals surface area (Å²) in [5.41, 5.74) is 2.29. The Bertz CT molecular complexity index is 1140. The van der Waals surface area contributed by atoms with Crippen LogP contribution in [0.1, 0.15) is 27.9 Å². The Kier molecular flexibility index (Phi) is 8.23. The van der Waals surface area contributed by atoms with Crippen LogP contribution in [-0.4, -0.2) is 43.4 Å². The summed E-state index contributed by atoms with van der Waals surface area (Å²) in [4.78, 5) is 13.2. The fraction of sp³-hybridized carbons (Fsp3) is 0.250. The van der Waals surface area contributed by atoms with E-state index in [1.165, 1.54) is 20.4 Å². The highest BCUT2D eigenvalue weighted by Gasteiger charge is 2.25. The monoisotopic (exact) mass is 488 g/mol. The second-order valence-electron chi connectivity index (χ2n) is 7.14. The Morgan fingerprint density at radius 2 is 1.85 bits per heavy atom. The van der Waals surface area contributed by atoms with Gasteiger partial charge in [-0.25, -0.2) is 0 Å². The number of ether oxygens (including phenoxy) is 3. The lowest BCUT2D eigenvalue weighted by Gasteiger charge is -2.21. The molecule has 2 aromatic rings. The number of hydrogen-bond acceptors (Lipinski definition) is 7. The summed E-state index contributed by atoms with van der Waals surface area (Å²) in [6.07, 6.45) is 1.78. The molecule has 7 nitrogen and oxygen atoms in total. The molecule has 0 aromatic heterocycles. The number of Topliss-reactive ketones (excluding diaryl/α,β-unsaturated/α-hetero) is 1. The van der Waals surface area contributed by atoms with Gasteiger partial charge in [-0.2, -0.15) is 5.26 Å². The molecule has 0 fully saturated rings. The smallest absolute Gasteiger partial charge is 0.204 e. The number of nitrogens with zero attached hydrogens (tertiary/aromatic N) is 2. The molecule has 0 bridgehead atoms. The van der Waals surface area contributed by atoms with E-state index in [9.17, 15) is 10.0 Å². The van der Waals surface area contributed by atoms with Crippen molar-refractivity contribution < 1.29 is 24.2 Å². The second-order valence-corrected chi connectivity index (χ2v) is 8.01. The molecule has 172 valence electrons. The summed E-state index contributed by atoms with van der Waals surface area (Å²) in [5, 5.41) is 19.9. The molecule has 1 heterocycles. The highest BCUT2D eigenvalue weighted by Crippen LogP contribution is 2.41. The molecular formula is C24H22Cl2N2O5. The van der Waals surface area contributed by atoms with Crippen LogP contribution >= 0.6 is 23.2 Å². The summed E-state index contributed by atoms with van der Waals surface area (Å²) in [5.74, 6) is 0.698. The van der Waals surface area contributed by atoms with Crippen LogP contribution < -0.4 is 14.2 Å². The van der Waals surface area contributed by atoms with Gasteiger partial charge in [-0.1, -0.05) is 35.3 Å². The third-order valence-corrected chi connectivity index (χ3v) is 5.71. The first kappa shape index (κ1) is 24.5. The number of halogens is 2. The molecule has 1 aliphatic heterocycles. The molecule has 0 radical (unpaired) electrons. The van der Waals surface area contributed by atoms with Crippen molar-refractivity contribution in [3.63, 3.8) is 0 Å². The van der Waals surface area contributed by atoms with E-state index in [1.54, 1.807) is 24.3 Å². The van der Waals surface area contributed by atoms with E-state index in [2.05, 4.69) is 6.07 Å². The first-order valence-corrected chi connectivity index (χ1v) is 10.7. The zero-order valence-corrected chi connectivity index (χ0v) is 19.6. The summed E-state index contributed by atoms with van der Waals surface area (Å²) in [6.45, 7) is 0.305. The van der Waals surface area contributed by atoms with Crippen molar-refractivity contribution in [2.24, 2.45) is 0 Å². The summed E-state index contributed by atoms with van der Waals surface area (Å²) >= 11 is 12.4. The lowest BCUT2D eigenvalue weighted by molar-refractivity contribution is -0.0320. The normalized spacial score (nSPS) is 13.3. The fourth-order valence-corrected chi connectivity index (χ4v) is 3.97. The average molecular weight is 489 g/mol. The molecule has 1 aliphatic rings. The molecule has 33 heavy (non-hydrogen) atoms. The molecule has 0 aliphatic carbocycles. The number of carbonyl (C=O) groups excluding carboxylic acids is 1. The Hall–Kier alpha value is -3.18. The number of ketones is 1. The first-order chi connectivity index (χ1) is 15.9. The lowest BCUT2D eigenvalue weighted by Crippen LogP contribution is -2.20. The third-order valence-electron chi connectivity index (χ3n) is 5.04. The van der Waals surface area contributed by atoms with E-state index < -0.39 is 0 Å². The summed E-state index contributed by atoms with van der Waals surface area (Å²) < 4.78 is 16.8. The first-order valence-electron chi connectivity index (χ1n) is 9.98. The standard InChI is InChI=1S/C24H22Cl2N2O5/c1-31-22-8-7-17(21(29)11-18-19(25)13-28(30)14-20(18)26)23(24(22)32-2)33-10-9-15-3-5-16(12-27)6-4-15/h3-8,13,30H,9-11,14H2,1-2H3. The lowest BCUT2D eigenvalue weighted by atomic mass is 10.00. The Morgan fingerprint density at radius 3 is 2.45 bits per heavy atom. The van der Waals surface area contributed by atoms with Crippen LogP contribution in [-0.2, 0) is 6.42 Å². The predicted octanol–water partition coefficient (Wildman–Crippen LogP) is 5.05. The molecule has 0 unspecified atom stereocenters. The topological polar surface area (TPSA) is 92.0 Å². The zero-order chi connectivity index (χ0) is 24.0. The molecule has 2 aromatic carbocycles. The zero-order valence-electron chi connectivity index (χ0n) is 18.1. The van der Waals surface area contributed by atoms with Gasteiger partial charge >= 0.3 is 0 Å². The van der Waals surface area contributed by atoms with Gasteiger partial charge in [0.25, 0.3) is 0 Å². The third kappa shape index (κ3) is 5.79. The van der Waals surface area contributed by atoms with Crippen molar-refractivity contribution in [1.82, 2.24) is 5.06 Å². The van der Waals surface area contributed by atoms with Crippen LogP contribution in [0.4, 0.5) is 0 Å². The number of hydrogen-bond donors (Lipinski definition) is 1. The van der Waals surface area contributed by atoms with Crippen LogP contribution in [0.25, 0.3) is 0 Å². The maximum Gasteiger partial charge on any atom is 0.204 e. The molecule has 0 saturated heterocycles. The molecule has 0 amide bonds. The van der Waals surface area contributed by atoms with Crippen molar-refractivity contribution in [1.29, 1.82) is 5.26 Å². The van der Waals surface area contributed by atoms with Gasteiger partial charge in [-0.3, -0.25) is 15.1 Å². The maximum atomic E-state index is 13.2. The minimum Gasteiger partial charge on any atom is -0.493 e. The van der Waals surface area contributed by atoms with Crippen molar-refractivity contribution in [2.75, 3.05) is 27.4 Å². The molecule has 0 spiro atoms. The Balaban J connectivity index is 1.85. The van der Waals surface area contributed by atoms with Gasteiger partial charge in [0.15, 0.2) is 17.3 Å². The maximum absolute atomic E-state index is 13.2. The summed E-state index contributed by atoms with van der Waals surface area (Å²) in [7, 11) is 2.97. The van der Waals surface area contributed by atoms with Crippen molar-refractivity contribution in [3.8, 4) is 23.3 Å². The molecule has 9 heteroatoms. The minimum absolute atomic E-state index is 0.0419. The van der Waals surface area contributed by atoms with Gasteiger partial charge < -0.3 is 14.2 Å². The van der Waals surface area contributed by atoms with E-state index in [4.69, 9.17) is 42.7 Å². The van der Waals surface area contributed by atoms with Crippen LogP contribution in [0.15, 0.2) is 58.2 Å². The Labute approximate surface area is 201 Å². The number of rotatable bonds is 9. The van der Waals surface area contributed by atoms with Crippen LogP contribution in [0.2, 0.25) is 0 Å². The van der Waals surface area contributed by atoms with Gasteiger partial charge in [-0.05, 0) is 35.4 Å². The molecule has 0 saturated carbocycles. The number of hydroxylamine groups is 2. The number of carbonyl (C=O) groups is 1. The average Bonchev–Trinajstić information content (AvgIpc) is 2.81. The Morgan fingerprint density at radius 1 is 1.12 bits per heavy atom. The number of methoxy groups -OCH3 is 2. The highest BCUT2D eigenvalue weighted by molar-refractivity contribution is 6.36. The van der Waals surface area contributed by atoms with Crippen molar-refractivity contribution in [2.45, 2.75) is 12.8 Å². The summed E-state index contributed by atoms with van der Waals surface area (Å²) in [6, 6.07) is 12.5. The molecule has 0 atom stereocenters. The molecule has 3 rings (SSSR count). The predicted molar refractivity (Wildman–Crippen MR) is 124 cm³/mol. The number of allylic oxidation sites excluding steroid dienone is 2. The number of benzene rings is 2. The molecule has 1 N–H and O–H groups in total. The van der Waals surface area contributed by atoms with Crippen LogP contribution in [0.3, 0.4) is 0 Å². The second kappa shape index (κ2) is 11.1. The van der Waals surface area contributed by atoms with Gasteiger partial charge in [0.05, 0.1) is 49.6 Å². The largest absolute Gasteiger partial charge is 0.493 e. The fourth-order valence-electron chi connectivity index (χ4n) is 3.34. The van der Waals surface area contributed by atoms with E-state index in [0.717, 1.165) is 10.6 Å². The van der Waals surface area contributed by atoms with E-state index in [-0.39, 0.29) is 41.2 Å². The molecular weight excluding hydrogens is 467 g/mol. The highest BCUT2D eigenvalue weighted by atomic mass is 35.5. The van der Waals surface area contributed by atoms with Crippen molar-refractivity contribution >= 4 is 29.0 Å². The van der Waals surface area contributed by atoms with Gasteiger partial charge in [0.1, 0.15) is 0 Å².